The second-order valence-corrected chi connectivity index (χ2v) is 8.51. The Balaban J connectivity index is 1.81. The van der Waals surface area contributed by atoms with Crippen molar-refractivity contribution in [1.29, 1.82) is 5.26 Å². The van der Waals surface area contributed by atoms with E-state index in [9.17, 15) is 0 Å². The molecule has 0 spiro atoms. The monoisotopic (exact) mass is 282 g/mol. The van der Waals surface area contributed by atoms with E-state index in [1.165, 1.54) is 38.5 Å². The standard InChI is InChI=1S/C17H22N4/c1-15-3-11-4-16(2,8-15)10-17(5-11,9-15)14-20-7-12(6-18)13(19)21-14/h7,11H,3-5,8-10H2,1-2H3,(H2,19,20,21). The third kappa shape index (κ3) is 1.79. The molecule has 0 amide bonds. The lowest BCUT2D eigenvalue weighted by Crippen LogP contribution is -2.57. The molecule has 4 fully saturated rings. The van der Waals surface area contributed by atoms with Gasteiger partial charge in [-0.15, -0.1) is 0 Å². The second kappa shape index (κ2) is 3.76. The first-order valence-electron chi connectivity index (χ1n) is 7.89. The smallest absolute Gasteiger partial charge is 0.145 e. The molecule has 0 aromatic carbocycles. The zero-order chi connectivity index (χ0) is 14.9. The van der Waals surface area contributed by atoms with Crippen molar-refractivity contribution >= 4 is 5.82 Å². The van der Waals surface area contributed by atoms with Crippen molar-refractivity contribution in [2.45, 2.75) is 57.8 Å². The van der Waals surface area contributed by atoms with E-state index >= 15 is 0 Å². The van der Waals surface area contributed by atoms with E-state index < -0.39 is 0 Å². The summed E-state index contributed by atoms with van der Waals surface area (Å²) in [6.45, 7) is 4.88. The first-order valence-corrected chi connectivity index (χ1v) is 7.89. The summed E-state index contributed by atoms with van der Waals surface area (Å²) >= 11 is 0. The molecule has 2 unspecified atom stereocenters. The fourth-order valence-corrected chi connectivity index (χ4v) is 6.43. The normalized spacial score (nSPS) is 43.8. The number of nitrogens with zero attached hydrogens (tertiary/aromatic N) is 3. The Kier molecular flexibility index (Phi) is 2.34. The van der Waals surface area contributed by atoms with Crippen LogP contribution in [0, 0.1) is 28.1 Å². The molecule has 2 N–H and O–H groups in total. The molecule has 4 bridgehead atoms. The van der Waals surface area contributed by atoms with Crippen LogP contribution in [0.15, 0.2) is 6.20 Å². The summed E-state index contributed by atoms with van der Waals surface area (Å²) in [5.74, 6) is 2.03. The molecule has 1 heterocycles. The van der Waals surface area contributed by atoms with Crippen molar-refractivity contribution in [2.75, 3.05) is 5.73 Å². The summed E-state index contributed by atoms with van der Waals surface area (Å²) in [6.07, 6.45) is 9.22. The van der Waals surface area contributed by atoms with Crippen molar-refractivity contribution in [3.05, 3.63) is 17.6 Å². The maximum Gasteiger partial charge on any atom is 0.145 e. The zero-order valence-electron chi connectivity index (χ0n) is 12.8. The van der Waals surface area contributed by atoms with Crippen LogP contribution >= 0.6 is 0 Å². The number of nitriles is 1. The predicted molar refractivity (Wildman–Crippen MR) is 80.2 cm³/mol. The van der Waals surface area contributed by atoms with E-state index in [0.29, 0.717) is 22.2 Å². The number of anilines is 1. The molecule has 0 saturated heterocycles. The molecule has 5 rings (SSSR count). The molecule has 0 aliphatic heterocycles. The minimum atomic E-state index is 0.0883. The highest BCUT2D eigenvalue weighted by atomic mass is 15.0. The summed E-state index contributed by atoms with van der Waals surface area (Å²) in [7, 11) is 0. The minimum absolute atomic E-state index is 0.0883. The molecule has 0 radical (unpaired) electrons. The molecular weight excluding hydrogens is 260 g/mol. The molecule has 4 aliphatic rings. The van der Waals surface area contributed by atoms with Gasteiger partial charge in [0.15, 0.2) is 0 Å². The topological polar surface area (TPSA) is 75.6 Å². The summed E-state index contributed by atoms with van der Waals surface area (Å²) in [5.41, 5.74) is 7.28. The third-order valence-corrected chi connectivity index (χ3v) is 6.04. The Morgan fingerprint density at radius 1 is 1.19 bits per heavy atom. The fraction of sp³-hybridized carbons (Fsp3) is 0.706. The molecule has 2 atom stereocenters. The SMILES string of the molecule is CC12CC3CC(C)(C1)CC(c1ncc(C#N)c(N)n1)(C3)C2. The highest BCUT2D eigenvalue weighted by Crippen LogP contribution is 2.69. The first kappa shape index (κ1) is 13.1. The number of hydrogen-bond donors (Lipinski definition) is 1. The highest BCUT2D eigenvalue weighted by molar-refractivity contribution is 5.47. The highest BCUT2D eigenvalue weighted by Gasteiger charge is 2.61. The summed E-state index contributed by atoms with van der Waals surface area (Å²) in [5, 5.41) is 9.02. The van der Waals surface area contributed by atoms with Crippen molar-refractivity contribution in [1.82, 2.24) is 9.97 Å². The Hall–Kier alpha value is -1.63. The first-order chi connectivity index (χ1) is 9.85. The average Bonchev–Trinajstić information content (AvgIpc) is 2.34. The van der Waals surface area contributed by atoms with Gasteiger partial charge in [0, 0.05) is 5.41 Å². The molecule has 1 aromatic heterocycles. The molecule has 4 heteroatoms. The number of nitrogens with two attached hydrogens (primary N) is 1. The largest absolute Gasteiger partial charge is 0.382 e. The van der Waals surface area contributed by atoms with Crippen LogP contribution in [0.4, 0.5) is 5.82 Å². The lowest BCUT2D eigenvalue weighted by atomic mass is 9.40. The van der Waals surface area contributed by atoms with Crippen LogP contribution < -0.4 is 5.73 Å². The average molecular weight is 282 g/mol. The van der Waals surface area contributed by atoms with Gasteiger partial charge >= 0.3 is 0 Å². The van der Waals surface area contributed by atoms with Gasteiger partial charge in [-0.3, -0.25) is 0 Å². The predicted octanol–water partition coefficient (Wildman–Crippen LogP) is 3.18. The van der Waals surface area contributed by atoms with Gasteiger partial charge in [0.05, 0.1) is 6.20 Å². The Bertz CT molecular complexity index is 641. The Morgan fingerprint density at radius 3 is 2.38 bits per heavy atom. The lowest BCUT2D eigenvalue weighted by Gasteiger charge is -2.64. The molecule has 4 aliphatic carbocycles. The van der Waals surface area contributed by atoms with Crippen molar-refractivity contribution in [3.8, 4) is 6.07 Å². The quantitative estimate of drug-likeness (QED) is 0.858. The molecular formula is C17H22N4. The van der Waals surface area contributed by atoms with E-state index in [1.807, 2.05) is 0 Å². The van der Waals surface area contributed by atoms with E-state index in [2.05, 4.69) is 29.9 Å². The number of aromatic nitrogens is 2. The zero-order valence-corrected chi connectivity index (χ0v) is 12.8. The van der Waals surface area contributed by atoms with E-state index in [0.717, 1.165) is 11.7 Å². The Morgan fingerprint density at radius 2 is 1.86 bits per heavy atom. The van der Waals surface area contributed by atoms with E-state index in [1.54, 1.807) is 6.20 Å². The van der Waals surface area contributed by atoms with Crippen LogP contribution in [-0.4, -0.2) is 9.97 Å². The molecule has 4 nitrogen and oxygen atoms in total. The summed E-state index contributed by atoms with van der Waals surface area (Å²) in [6, 6.07) is 2.06. The van der Waals surface area contributed by atoms with Gasteiger partial charge in [0.1, 0.15) is 23.3 Å². The van der Waals surface area contributed by atoms with Crippen LogP contribution in [0.5, 0.6) is 0 Å². The van der Waals surface area contributed by atoms with Gasteiger partial charge in [-0.2, -0.15) is 5.26 Å². The molecule has 4 saturated carbocycles. The van der Waals surface area contributed by atoms with Gasteiger partial charge in [-0.05, 0) is 55.3 Å². The van der Waals surface area contributed by atoms with E-state index in [4.69, 9.17) is 11.0 Å². The molecule has 110 valence electrons. The summed E-state index contributed by atoms with van der Waals surface area (Å²) < 4.78 is 0. The summed E-state index contributed by atoms with van der Waals surface area (Å²) in [4.78, 5) is 9.09. The van der Waals surface area contributed by atoms with Crippen LogP contribution in [0.25, 0.3) is 0 Å². The van der Waals surface area contributed by atoms with Gasteiger partial charge in [-0.25, -0.2) is 9.97 Å². The van der Waals surface area contributed by atoms with Crippen LogP contribution in [0.3, 0.4) is 0 Å². The molecule has 1 aromatic rings. The van der Waals surface area contributed by atoms with Gasteiger partial charge < -0.3 is 5.73 Å². The minimum Gasteiger partial charge on any atom is -0.382 e. The van der Waals surface area contributed by atoms with Gasteiger partial charge in [0.25, 0.3) is 0 Å². The Labute approximate surface area is 125 Å². The molecule has 21 heavy (non-hydrogen) atoms. The number of nitrogen functional groups attached to an aromatic ring is 1. The fourth-order valence-electron chi connectivity index (χ4n) is 6.43. The lowest BCUT2D eigenvalue weighted by molar-refractivity contribution is -0.112. The number of hydrogen-bond acceptors (Lipinski definition) is 4. The second-order valence-electron chi connectivity index (χ2n) is 8.51. The van der Waals surface area contributed by atoms with E-state index in [-0.39, 0.29) is 5.41 Å². The van der Waals surface area contributed by atoms with Gasteiger partial charge in [-0.1, -0.05) is 13.8 Å². The van der Waals surface area contributed by atoms with Gasteiger partial charge in [0.2, 0.25) is 0 Å². The van der Waals surface area contributed by atoms with Crippen molar-refractivity contribution < 1.29 is 0 Å². The third-order valence-electron chi connectivity index (χ3n) is 6.04. The number of rotatable bonds is 1. The van der Waals surface area contributed by atoms with Crippen molar-refractivity contribution in [2.24, 2.45) is 16.7 Å². The van der Waals surface area contributed by atoms with Crippen LogP contribution in [0.1, 0.15) is 63.8 Å². The van der Waals surface area contributed by atoms with Crippen LogP contribution in [-0.2, 0) is 5.41 Å². The maximum atomic E-state index is 9.02. The maximum absolute atomic E-state index is 9.02. The van der Waals surface area contributed by atoms with Crippen molar-refractivity contribution in [3.63, 3.8) is 0 Å². The van der Waals surface area contributed by atoms with Crippen LogP contribution in [0.2, 0.25) is 0 Å².